The molecule has 3 N–H and O–H groups in total. The van der Waals surface area contributed by atoms with Crippen LogP contribution in [0, 0.1) is 0 Å². The van der Waals surface area contributed by atoms with Crippen LogP contribution in [0.5, 0.6) is 11.5 Å². The molecule has 0 atom stereocenters. The highest BCUT2D eigenvalue weighted by Crippen LogP contribution is 2.24. The molecule has 0 unspecified atom stereocenters. The second-order valence-electron chi connectivity index (χ2n) is 5.62. The molecule has 1 aromatic heterocycles. The van der Waals surface area contributed by atoms with E-state index in [9.17, 15) is 23.1 Å². The average Bonchev–Trinajstić information content (AvgIpc) is 2.96. The number of carbonyl (C=O) groups excluding carboxylic acids is 1. The third-order valence-corrected chi connectivity index (χ3v) is 3.78. The zero-order valence-corrected chi connectivity index (χ0v) is 13.4. The van der Waals surface area contributed by atoms with E-state index in [0.717, 1.165) is 28.6 Å². The molecule has 3 rings (SSSR count). The Morgan fingerprint density at radius 2 is 1.88 bits per heavy atom. The Labute approximate surface area is 146 Å². The van der Waals surface area contributed by atoms with Gasteiger partial charge < -0.3 is 20.1 Å². The number of rotatable bonds is 5. The number of phenolic OH excluding ortho intramolecular Hbond substituents is 1. The molecule has 26 heavy (non-hydrogen) atoms. The van der Waals surface area contributed by atoms with Gasteiger partial charge in [0.2, 0.25) is 0 Å². The highest BCUT2D eigenvalue weighted by atomic mass is 19.4. The molecule has 0 aliphatic carbocycles. The number of H-pyrrole nitrogens is 1. The van der Waals surface area contributed by atoms with Crippen molar-refractivity contribution in [2.75, 3.05) is 6.54 Å². The summed E-state index contributed by atoms with van der Waals surface area (Å²) in [6.45, 7) is 0.336. The number of carbonyl (C=O) groups is 1. The second-order valence-corrected chi connectivity index (χ2v) is 5.62. The van der Waals surface area contributed by atoms with Crippen molar-refractivity contribution in [1.29, 1.82) is 0 Å². The van der Waals surface area contributed by atoms with Gasteiger partial charge in [-0.3, -0.25) is 4.79 Å². The van der Waals surface area contributed by atoms with Crippen LogP contribution in [-0.4, -0.2) is 28.9 Å². The van der Waals surface area contributed by atoms with Crippen molar-refractivity contribution in [3.05, 3.63) is 59.8 Å². The van der Waals surface area contributed by atoms with E-state index in [0.29, 0.717) is 13.0 Å². The van der Waals surface area contributed by atoms with E-state index in [1.807, 2.05) is 0 Å². The van der Waals surface area contributed by atoms with Gasteiger partial charge in [-0.05, 0) is 54.4 Å². The van der Waals surface area contributed by atoms with Crippen LogP contribution < -0.4 is 10.1 Å². The lowest BCUT2D eigenvalue weighted by molar-refractivity contribution is -0.274. The van der Waals surface area contributed by atoms with E-state index in [-0.39, 0.29) is 17.1 Å². The Hall–Kier alpha value is -3.16. The van der Waals surface area contributed by atoms with Gasteiger partial charge in [0, 0.05) is 29.2 Å². The summed E-state index contributed by atoms with van der Waals surface area (Å²) < 4.78 is 40.1. The highest BCUT2D eigenvalue weighted by Gasteiger charge is 2.31. The molecule has 0 saturated carbocycles. The summed E-state index contributed by atoms with van der Waals surface area (Å²) in [6.07, 6.45) is -2.43. The zero-order valence-electron chi connectivity index (χ0n) is 13.4. The van der Waals surface area contributed by atoms with Gasteiger partial charge in [0.15, 0.2) is 0 Å². The standard InChI is InChI=1S/C18H15F3N2O3/c19-18(20,21)26-14-4-1-11(2-5-14)17(25)22-8-7-12-10-23-16-6-3-13(24)9-15(12)16/h1-6,9-10,23-24H,7-8H2,(H,22,25). The van der Waals surface area contributed by atoms with Gasteiger partial charge in [-0.15, -0.1) is 13.2 Å². The fourth-order valence-corrected chi connectivity index (χ4v) is 2.59. The fraction of sp³-hybridized carbons (Fsp3) is 0.167. The number of fused-ring (bicyclic) bond motifs is 1. The summed E-state index contributed by atoms with van der Waals surface area (Å²) >= 11 is 0. The summed E-state index contributed by atoms with van der Waals surface area (Å²) in [5.74, 6) is -0.623. The number of hydrogen-bond donors (Lipinski definition) is 3. The van der Waals surface area contributed by atoms with E-state index in [1.54, 1.807) is 24.4 Å². The van der Waals surface area contributed by atoms with Crippen molar-refractivity contribution in [2.24, 2.45) is 0 Å². The Morgan fingerprint density at radius 3 is 2.58 bits per heavy atom. The monoisotopic (exact) mass is 364 g/mol. The molecule has 0 saturated heterocycles. The topological polar surface area (TPSA) is 74.4 Å². The predicted octanol–water partition coefficient (Wildman–Crippen LogP) is 3.74. The van der Waals surface area contributed by atoms with Crippen LogP contribution >= 0.6 is 0 Å². The first-order chi connectivity index (χ1) is 12.3. The van der Waals surface area contributed by atoms with Gasteiger partial charge in [0.05, 0.1) is 0 Å². The number of alkyl halides is 3. The van der Waals surface area contributed by atoms with Crippen LogP contribution in [0.1, 0.15) is 15.9 Å². The van der Waals surface area contributed by atoms with E-state index < -0.39 is 12.3 Å². The van der Waals surface area contributed by atoms with Gasteiger partial charge in [0.25, 0.3) is 5.91 Å². The maximum Gasteiger partial charge on any atom is 0.573 e. The molecular weight excluding hydrogens is 349 g/mol. The molecule has 0 fully saturated rings. The predicted molar refractivity (Wildman–Crippen MR) is 89.1 cm³/mol. The molecule has 0 bridgehead atoms. The number of ether oxygens (including phenoxy) is 1. The third-order valence-electron chi connectivity index (χ3n) is 3.78. The summed E-state index contributed by atoms with van der Waals surface area (Å²) in [6, 6.07) is 9.69. The molecule has 1 heterocycles. The van der Waals surface area contributed by atoms with Gasteiger partial charge in [-0.1, -0.05) is 0 Å². The quantitative estimate of drug-likeness (QED) is 0.646. The third kappa shape index (κ3) is 4.27. The lowest BCUT2D eigenvalue weighted by Gasteiger charge is -2.09. The number of hydrogen-bond acceptors (Lipinski definition) is 3. The molecule has 3 aromatic rings. The minimum absolute atomic E-state index is 0.156. The first kappa shape index (κ1) is 17.7. The van der Waals surface area contributed by atoms with E-state index in [1.165, 1.54) is 12.1 Å². The lowest BCUT2D eigenvalue weighted by atomic mass is 10.1. The minimum Gasteiger partial charge on any atom is -0.508 e. The largest absolute Gasteiger partial charge is 0.573 e. The number of phenols is 1. The lowest BCUT2D eigenvalue weighted by Crippen LogP contribution is -2.25. The number of nitrogens with one attached hydrogen (secondary N) is 2. The molecule has 8 heteroatoms. The van der Waals surface area contributed by atoms with Crippen LogP contribution in [0.25, 0.3) is 10.9 Å². The molecule has 1 amide bonds. The molecular formula is C18H15F3N2O3. The molecule has 0 radical (unpaired) electrons. The fourth-order valence-electron chi connectivity index (χ4n) is 2.59. The zero-order chi connectivity index (χ0) is 18.7. The van der Waals surface area contributed by atoms with Gasteiger partial charge in [0.1, 0.15) is 11.5 Å². The molecule has 0 aliphatic rings. The number of benzene rings is 2. The van der Waals surface area contributed by atoms with Crippen LogP contribution in [0.2, 0.25) is 0 Å². The summed E-state index contributed by atoms with van der Waals surface area (Å²) in [5, 5.41) is 13.1. The molecule has 136 valence electrons. The van der Waals surface area contributed by atoms with E-state index in [4.69, 9.17) is 0 Å². The molecule has 0 spiro atoms. The first-order valence-electron chi connectivity index (χ1n) is 7.75. The van der Waals surface area contributed by atoms with Crippen molar-refractivity contribution < 1.29 is 27.8 Å². The Balaban J connectivity index is 1.57. The van der Waals surface area contributed by atoms with Crippen LogP contribution in [-0.2, 0) is 6.42 Å². The first-order valence-corrected chi connectivity index (χ1v) is 7.75. The second kappa shape index (κ2) is 6.99. The summed E-state index contributed by atoms with van der Waals surface area (Å²) in [5.41, 5.74) is 2.05. The van der Waals surface area contributed by atoms with Crippen LogP contribution in [0.3, 0.4) is 0 Å². The van der Waals surface area contributed by atoms with Gasteiger partial charge >= 0.3 is 6.36 Å². The number of aromatic nitrogens is 1. The average molecular weight is 364 g/mol. The summed E-state index contributed by atoms with van der Waals surface area (Å²) in [4.78, 5) is 15.1. The van der Waals surface area contributed by atoms with Crippen molar-refractivity contribution >= 4 is 16.8 Å². The normalized spacial score (nSPS) is 11.5. The van der Waals surface area contributed by atoms with Crippen molar-refractivity contribution in [3.8, 4) is 11.5 Å². The Kier molecular flexibility index (Phi) is 4.75. The van der Waals surface area contributed by atoms with Crippen LogP contribution in [0.15, 0.2) is 48.7 Å². The van der Waals surface area contributed by atoms with E-state index in [2.05, 4.69) is 15.0 Å². The Bertz CT molecular complexity index is 918. The number of amides is 1. The smallest absolute Gasteiger partial charge is 0.508 e. The minimum atomic E-state index is -4.77. The van der Waals surface area contributed by atoms with Crippen LogP contribution in [0.4, 0.5) is 13.2 Å². The SMILES string of the molecule is O=C(NCCc1c[nH]c2ccc(O)cc12)c1ccc(OC(F)(F)F)cc1. The maximum absolute atomic E-state index is 12.1. The van der Waals surface area contributed by atoms with Crippen molar-refractivity contribution in [2.45, 2.75) is 12.8 Å². The Morgan fingerprint density at radius 1 is 1.15 bits per heavy atom. The number of halogens is 3. The molecule has 5 nitrogen and oxygen atoms in total. The van der Waals surface area contributed by atoms with E-state index >= 15 is 0 Å². The maximum atomic E-state index is 12.1. The number of aromatic hydroxyl groups is 1. The molecule has 2 aromatic carbocycles. The van der Waals surface area contributed by atoms with Gasteiger partial charge in [-0.2, -0.15) is 0 Å². The van der Waals surface area contributed by atoms with Crippen molar-refractivity contribution in [3.63, 3.8) is 0 Å². The molecule has 0 aliphatic heterocycles. The summed E-state index contributed by atoms with van der Waals surface area (Å²) in [7, 11) is 0. The number of aromatic amines is 1. The van der Waals surface area contributed by atoms with Gasteiger partial charge in [-0.25, -0.2) is 0 Å². The highest BCUT2D eigenvalue weighted by molar-refractivity contribution is 5.94. The van der Waals surface area contributed by atoms with Crippen molar-refractivity contribution in [1.82, 2.24) is 10.3 Å².